The van der Waals surface area contributed by atoms with Gasteiger partial charge in [0.1, 0.15) is 5.75 Å². The zero-order valence-corrected chi connectivity index (χ0v) is 14.3. The second-order valence-electron chi connectivity index (χ2n) is 6.38. The van der Waals surface area contributed by atoms with Crippen LogP contribution in [0.1, 0.15) is 12.0 Å². The molecule has 2 aliphatic rings. The first-order chi connectivity index (χ1) is 12.7. The monoisotopic (exact) mass is 352 g/mol. The van der Waals surface area contributed by atoms with E-state index < -0.39 is 0 Å². The van der Waals surface area contributed by atoms with Crippen LogP contribution in [0.25, 0.3) is 5.57 Å². The Hall–Kier alpha value is -2.99. The highest BCUT2D eigenvalue weighted by molar-refractivity contribution is 5.92. The minimum atomic E-state index is -0.0506. The summed E-state index contributed by atoms with van der Waals surface area (Å²) >= 11 is 0. The molecule has 2 aliphatic heterocycles. The van der Waals surface area contributed by atoms with Crippen LogP contribution >= 0.6 is 0 Å². The number of amides is 1. The van der Waals surface area contributed by atoms with Crippen molar-refractivity contribution in [2.75, 3.05) is 31.7 Å². The van der Waals surface area contributed by atoms with E-state index in [-0.39, 0.29) is 18.4 Å². The number of hydrogen-bond donors (Lipinski definition) is 2. The van der Waals surface area contributed by atoms with Crippen molar-refractivity contribution in [3.05, 3.63) is 54.1 Å². The molecule has 0 aromatic heterocycles. The number of fused-ring (bicyclic) bond motifs is 1. The molecule has 0 fully saturated rings. The number of rotatable bonds is 4. The summed E-state index contributed by atoms with van der Waals surface area (Å²) in [5.41, 5.74) is 3.07. The first kappa shape index (κ1) is 16.5. The molecule has 2 aromatic rings. The van der Waals surface area contributed by atoms with Gasteiger partial charge in [-0.25, -0.2) is 0 Å². The number of nitrogens with one attached hydrogen (secondary N) is 1. The molecule has 2 heterocycles. The van der Waals surface area contributed by atoms with Crippen molar-refractivity contribution in [3.63, 3.8) is 0 Å². The number of nitrogens with zero attached hydrogens (tertiary/aromatic N) is 1. The van der Waals surface area contributed by atoms with Crippen molar-refractivity contribution in [2.24, 2.45) is 0 Å². The Morgan fingerprint density at radius 1 is 1.12 bits per heavy atom. The highest BCUT2D eigenvalue weighted by Crippen LogP contribution is 2.34. The third-order valence-corrected chi connectivity index (χ3v) is 4.55. The Bertz CT molecular complexity index is 845. The van der Waals surface area contributed by atoms with Gasteiger partial charge < -0.3 is 19.9 Å². The van der Waals surface area contributed by atoms with E-state index in [0.717, 1.165) is 25.1 Å². The van der Waals surface area contributed by atoms with Gasteiger partial charge in [-0.05, 0) is 41.8 Å². The highest BCUT2D eigenvalue weighted by Gasteiger charge is 2.17. The predicted octanol–water partition coefficient (Wildman–Crippen LogP) is 2.85. The summed E-state index contributed by atoms with van der Waals surface area (Å²) in [6.45, 7) is 2.11. The topological polar surface area (TPSA) is 71.0 Å². The first-order valence-electron chi connectivity index (χ1n) is 8.58. The number of benzene rings is 2. The minimum Gasteiger partial charge on any atom is -0.508 e. The molecule has 6 nitrogen and oxygen atoms in total. The number of ether oxygens (including phenoxy) is 2. The normalized spacial score (nSPS) is 16.2. The maximum Gasteiger partial charge on any atom is 0.238 e. The lowest BCUT2D eigenvalue weighted by atomic mass is 9.99. The summed E-state index contributed by atoms with van der Waals surface area (Å²) < 4.78 is 10.6. The number of carbonyl (C=O) groups excluding carboxylic acids is 1. The van der Waals surface area contributed by atoms with Crippen LogP contribution in [-0.4, -0.2) is 42.3 Å². The van der Waals surface area contributed by atoms with E-state index in [0.29, 0.717) is 23.7 Å². The third-order valence-electron chi connectivity index (χ3n) is 4.55. The summed E-state index contributed by atoms with van der Waals surface area (Å²) in [6, 6.07) is 12.6. The lowest BCUT2D eigenvalue weighted by Gasteiger charge is -2.26. The summed E-state index contributed by atoms with van der Waals surface area (Å²) in [5.74, 6) is 1.57. The quantitative estimate of drug-likeness (QED) is 0.885. The fourth-order valence-corrected chi connectivity index (χ4v) is 3.17. The van der Waals surface area contributed by atoms with Gasteiger partial charge in [-0.15, -0.1) is 0 Å². The lowest BCUT2D eigenvalue weighted by Crippen LogP contribution is -2.36. The van der Waals surface area contributed by atoms with E-state index in [2.05, 4.69) is 16.3 Å². The molecule has 0 spiro atoms. The van der Waals surface area contributed by atoms with Crippen LogP contribution < -0.4 is 14.8 Å². The van der Waals surface area contributed by atoms with Crippen molar-refractivity contribution in [2.45, 2.75) is 6.42 Å². The van der Waals surface area contributed by atoms with Crippen molar-refractivity contribution in [1.29, 1.82) is 0 Å². The van der Waals surface area contributed by atoms with E-state index in [1.54, 1.807) is 24.3 Å². The largest absolute Gasteiger partial charge is 0.508 e. The standard InChI is InChI=1S/C20H20N2O4/c23-17-4-1-14(2-5-17)15-7-9-22(10-8-15)12-20(24)21-16-3-6-18-19(11-16)26-13-25-18/h1-7,11,23H,8-10,12-13H2,(H,21,24). The number of carbonyl (C=O) groups is 1. The van der Waals surface area contributed by atoms with E-state index in [9.17, 15) is 9.90 Å². The Morgan fingerprint density at radius 2 is 1.92 bits per heavy atom. The van der Waals surface area contributed by atoms with Gasteiger partial charge in [-0.1, -0.05) is 18.2 Å². The third kappa shape index (κ3) is 3.65. The predicted molar refractivity (Wildman–Crippen MR) is 98.3 cm³/mol. The van der Waals surface area contributed by atoms with Crippen molar-refractivity contribution in [1.82, 2.24) is 4.90 Å². The van der Waals surface area contributed by atoms with Crippen LogP contribution in [0, 0.1) is 0 Å². The molecule has 134 valence electrons. The van der Waals surface area contributed by atoms with E-state index in [4.69, 9.17) is 9.47 Å². The first-order valence-corrected chi connectivity index (χ1v) is 8.58. The zero-order chi connectivity index (χ0) is 17.9. The SMILES string of the molecule is O=C(CN1CC=C(c2ccc(O)cc2)CC1)Nc1ccc2c(c1)OCO2. The second-order valence-corrected chi connectivity index (χ2v) is 6.38. The summed E-state index contributed by atoms with van der Waals surface area (Å²) in [4.78, 5) is 14.4. The molecule has 6 heteroatoms. The van der Waals surface area contributed by atoms with Crippen molar-refractivity contribution >= 4 is 17.2 Å². The van der Waals surface area contributed by atoms with Gasteiger partial charge >= 0.3 is 0 Å². The molecule has 0 saturated heterocycles. The average molecular weight is 352 g/mol. The number of aromatic hydroxyl groups is 1. The molecule has 2 aromatic carbocycles. The number of anilines is 1. The van der Waals surface area contributed by atoms with E-state index in [1.165, 1.54) is 5.57 Å². The Kier molecular flexibility index (Phi) is 4.50. The highest BCUT2D eigenvalue weighted by atomic mass is 16.7. The fourth-order valence-electron chi connectivity index (χ4n) is 3.17. The molecule has 0 radical (unpaired) electrons. The van der Waals surface area contributed by atoms with Crippen LogP contribution in [0.3, 0.4) is 0 Å². The van der Waals surface area contributed by atoms with Crippen LogP contribution in [0.5, 0.6) is 17.2 Å². The molecular formula is C20H20N2O4. The fraction of sp³-hybridized carbons (Fsp3) is 0.250. The van der Waals surface area contributed by atoms with Gasteiger partial charge in [0.25, 0.3) is 0 Å². The van der Waals surface area contributed by atoms with Crippen LogP contribution in [-0.2, 0) is 4.79 Å². The van der Waals surface area contributed by atoms with Gasteiger partial charge in [0.05, 0.1) is 6.54 Å². The number of phenols is 1. The lowest BCUT2D eigenvalue weighted by molar-refractivity contribution is -0.117. The minimum absolute atomic E-state index is 0.0506. The number of phenolic OH excluding ortho intramolecular Hbond substituents is 1. The van der Waals surface area contributed by atoms with Gasteiger partial charge in [0, 0.05) is 24.8 Å². The van der Waals surface area contributed by atoms with Gasteiger partial charge in [0.2, 0.25) is 12.7 Å². The van der Waals surface area contributed by atoms with Crippen LogP contribution in [0.15, 0.2) is 48.5 Å². The zero-order valence-electron chi connectivity index (χ0n) is 14.3. The summed E-state index contributed by atoms with van der Waals surface area (Å²) in [5, 5.41) is 12.3. The molecule has 0 aliphatic carbocycles. The summed E-state index contributed by atoms with van der Waals surface area (Å²) in [7, 11) is 0. The molecular weight excluding hydrogens is 332 g/mol. The Balaban J connectivity index is 1.32. The maximum atomic E-state index is 12.3. The summed E-state index contributed by atoms with van der Waals surface area (Å²) in [6.07, 6.45) is 3.02. The van der Waals surface area contributed by atoms with Crippen LogP contribution in [0.2, 0.25) is 0 Å². The van der Waals surface area contributed by atoms with Gasteiger partial charge in [-0.3, -0.25) is 9.69 Å². The molecule has 0 saturated carbocycles. The van der Waals surface area contributed by atoms with Crippen molar-refractivity contribution < 1.29 is 19.4 Å². The van der Waals surface area contributed by atoms with Gasteiger partial charge in [-0.2, -0.15) is 0 Å². The van der Waals surface area contributed by atoms with E-state index in [1.807, 2.05) is 18.2 Å². The molecule has 2 N–H and O–H groups in total. The second kappa shape index (κ2) is 7.09. The average Bonchev–Trinajstić information content (AvgIpc) is 3.11. The molecule has 0 atom stereocenters. The van der Waals surface area contributed by atoms with Crippen LogP contribution in [0.4, 0.5) is 5.69 Å². The van der Waals surface area contributed by atoms with Crippen molar-refractivity contribution in [3.8, 4) is 17.2 Å². The smallest absolute Gasteiger partial charge is 0.238 e. The molecule has 4 rings (SSSR count). The van der Waals surface area contributed by atoms with E-state index >= 15 is 0 Å². The van der Waals surface area contributed by atoms with Gasteiger partial charge in [0.15, 0.2) is 11.5 Å². The maximum absolute atomic E-state index is 12.3. The molecule has 0 unspecified atom stereocenters. The Labute approximate surface area is 151 Å². The molecule has 0 bridgehead atoms. The number of hydrogen-bond acceptors (Lipinski definition) is 5. The Morgan fingerprint density at radius 3 is 2.69 bits per heavy atom. The molecule has 1 amide bonds. The molecule has 26 heavy (non-hydrogen) atoms.